The molecule has 4 nitrogen and oxygen atoms in total. The molecule has 0 fully saturated rings. The van der Waals surface area contributed by atoms with Gasteiger partial charge < -0.3 is 10.2 Å². The average Bonchev–Trinajstić information content (AvgIpc) is 2.59. The van der Waals surface area contributed by atoms with Crippen LogP contribution in [0.25, 0.3) is 0 Å². The minimum atomic E-state index is -1.02. The Morgan fingerprint density at radius 3 is 1.26 bits per heavy atom. The van der Waals surface area contributed by atoms with Gasteiger partial charge in [0.1, 0.15) is 0 Å². The fourth-order valence-corrected chi connectivity index (χ4v) is 3.46. The number of aliphatic carboxylic acids is 2. The summed E-state index contributed by atoms with van der Waals surface area (Å²) in [6.45, 7) is 2.26. The zero-order valence-electron chi connectivity index (χ0n) is 18.0. The summed E-state index contributed by atoms with van der Waals surface area (Å²) in [5.41, 5.74) is 0. The van der Waals surface area contributed by atoms with Crippen molar-refractivity contribution in [2.24, 2.45) is 5.92 Å². The Balaban J connectivity index is 0. The van der Waals surface area contributed by atoms with E-state index in [1.54, 1.807) is 0 Å². The van der Waals surface area contributed by atoms with Crippen LogP contribution >= 0.6 is 0 Å². The number of hydrogen-bond acceptors (Lipinski definition) is 2. The van der Waals surface area contributed by atoms with Crippen molar-refractivity contribution < 1.29 is 19.8 Å². The summed E-state index contributed by atoms with van der Waals surface area (Å²) in [5, 5.41) is 17.7. The Labute approximate surface area is 189 Å². The van der Waals surface area contributed by atoms with Gasteiger partial charge in [-0.1, -0.05) is 110 Å². The SMILES string of the molecule is CCCCCCCCCCCCCCCCCCC(CC(=O)O)C(=O)O.[Na]. The first kappa shape index (κ1) is 29.1. The van der Waals surface area contributed by atoms with Crippen LogP contribution in [0.3, 0.4) is 0 Å². The van der Waals surface area contributed by atoms with Crippen LogP contribution < -0.4 is 0 Å². The van der Waals surface area contributed by atoms with Crippen molar-refractivity contribution in [1.82, 2.24) is 0 Å². The first-order valence-corrected chi connectivity index (χ1v) is 11.0. The molecule has 0 aliphatic carbocycles. The molecule has 0 aromatic heterocycles. The summed E-state index contributed by atoms with van der Waals surface area (Å²) in [5.74, 6) is -2.72. The minimum Gasteiger partial charge on any atom is -0.481 e. The molecule has 0 bridgehead atoms. The Kier molecular flexibility index (Phi) is 24.0. The number of rotatable bonds is 20. The summed E-state index contributed by atoms with van der Waals surface area (Å²) in [6, 6.07) is 0. The summed E-state index contributed by atoms with van der Waals surface area (Å²) >= 11 is 0. The Bertz CT molecular complexity index is 347. The predicted octanol–water partition coefficient (Wildman–Crippen LogP) is 6.43. The summed E-state index contributed by atoms with van der Waals surface area (Å²) in [4.78, 5) is 21.6. The van der Waals surface area contributed by atoms with Gasteiger partial charge in [0, 0.05) is 29.6 Å². The quantitative estimate of drug-likeness (QED) is 0.184. The van der Waals surface area contributed by atoms with E-state index in [9.17, 15) is 9.59 Å². The normalized spacial score (nSPS) is 11.7. The molecule has 5 heteroatoms. The van der Waals surface area contributed by atoms with Gasteiger partial charge in [-0.15, -0.1) is 0 Å². The van der Waals surface area contributed by atoms with Crippen LogP contribution in [0.15, 0.2) is 0 Å². The monoisotopic (exact) mass is 393 g/mol. The molecule has 0 saturated carbocycles. The van der Waals surface area contributed by atoms with Crippen LogP contribution in [0.1, 0.15) is 122 Å². The van der Waals surface area contributed by atoms with Gasteiger partial charge >= 0.3 is 11.9 Å². The van der Waals surface area contributed by atoms with E-state index in [-0.39, 0.29) is 36.0 Å². The molecule has 0 amide bonds. The maximum atomic E-state index is 11.0. The van der Waals surface area contributed by atoms with Crippen molar-refractivity contribution in [3.05, 3.63) is 0 Å². The number of carboxylic acids is 2. The molecular weight excluding hydrogens is 351 g/mol. The van der Waals surface area contributed by atoms with Gasteiger partial charge in [-0.2, -0.15) is 0 Å². The molecular formula is C22H42NaO4. The summed E-state index contributed by atoms with van der Waals surface area (Å²) in [6.07, 6.45) is 20.9. The van der Waals surface area contributed by atoms with E-state index in [2.05, 4.69) is 6.92 Å². The largest absolute Gasteiger partial charge is 0.481 e. The molecule has 0 aromatic rings. The molecule has 0 aliphatic heterocycles. The fraction of sp³-hybridized carbons (Fsp3) is 0.909. The predicted molar refractivity (Wildman–Crippen MR) is 113 cm³/mol. The molecule has 2 N–H and O–H groups in total. The third kappa shape index (κ3) is 22.1. The van der Waals surface area contributed by atoms with E-state index in [0.717, 1.165) is 19.3 Å². The van der Waals surface area contributed by atoms with Gasteiger partial charge in [0.25, 0.3) is 0 Å². The molecule has 1 radical (unpaired) electrons. The van der Waals surface area contributed by atoms with Gasteiger partial charge in [0.15, 0.2) is 0 Å². The van der Waals surface area contributed by atoms with E-state index in [1.165, 1.54) is 83.5 Å². The third-order valence-electron chi connectivity index (χ3n) is 5.18. The van der Waals surface area contributed by atoms with Crippen LogP contribution in [0, 0.1) is 5.92 Å². The first-order chi connectivity index (χ1) is 12.6. The molecule has 0 aromatic carbocycles. The van der Waals surface area contributed by atoms with Crippen molar-refractivity contribution in [2.45, 2.75) is 122 Å². The van der Waals surface area contributed by atoms with E-state index < -0.39 is 17.9 Å². The van der Waals surface area contributed by atoms with E-state index in [0.29, 0.717) is 6.42 Å². The number of carbonyl (C=O) groups is 2. The molecule has 27 heavy (non-hydrogen) atoms. The van der Waals surface area contributed by atoms with Gasteiger partial charge in [0.05, 0.1) is 12.3 Å². The van der Waals surface area contributed by atoms with Crippen LogP contribution in [-0.2, 0) is 9.59 Å². The van der Waals surface area contributed by atoms with Crippen LogP contribution in [-0.4, -0.2) is 51.7 Å². The number of hydrogen-bond donors (Lipinski definition) is 2. The second-order valence-electron chi connectivity index (χ2n) is 7.72. The fourth-order valence-electron chi connectivity index (χ4n) is 3.46. The maximum Gasteiger partial charge on any atom is 0.307 e. The van der Waals surface area contributed by atoms with Crippen LogP contribution in [0.5, 0.6) is 0 Å². The maximum absolute atomic E-state index is 11.0. The van der Waals surface area contributed by atoms with E-state index >= 15 is 0 Å². The van der Waals surface area contributed by atoms with Crippen molar-refractivity contribution >= 4 is 41.5 Å². The number of carboxylic acid groups (broad SMARTS) is 2. The summed E-state index contributed by atoms with van der Waals surface area (Å²) in [7, 11) is 0. The molecule has 155 valence electrons. The molecule has 0 aliphatic rings. The smallest absolute Gasteiger partial charge is 0.307 e. The standard InChI is InChI=1S/C22H42O4.Na/c1-2-3-4-5-6-7-8-9-10-11-12-13-14-15-16-17-18-20(22(25)26)19-21(23)24;/h20H,2-19H2,1H3,(H,23,24)(H,25,26);. The molecule has 0 heterocycles. The van der Waals surface area contributed by atoms with E-state index in [1.807, 2.05) is 0 Å². The first-order valence-electron chi connectivity index (χ1n) is 11.0. The van der Waals surface area contributed by atoms with E-state index in [4.69, 9.17) is 10.2 Å². The van der Waals surface area contributed by atoms with Crippen LogP contribution in [0.4, 0.5) is 0 Å². The van der Waals surface area contributed by atoms with Gasteiger partial charge in [-0.05, 0) is 6.42 Å². The minimum absolute atomic E-state index is 0. The molecule has 0 rings (SSSR count). The third-order valence-corrected chi connectivity index (χ3v) is 5.18. The Morgan fingerprint density at radius 2 is 0.963 bits per heavy atom. The average molecular weight is 394 g/mol. The second kappa shape index (κ2) is 22.2. The van der Waals surface area contributed by atoms with Crippen molar-refractivity contribution in [3.8, 4) is 0 Å². The van der Waals surface area contributed by atoms with Crippen molar-refractivity contribution in [2.75, 3.05) is 0 Å². The molecule has 1 unspecified atom stereocenters. The van der Waals surface area contributed by atoms with Gasteiger partial charge in [-0.25, -0.2) is 0 Å². The van der Waals surface area contributed by atoms with Gasteiger partial charge in [-0.3, -0.25) is 9.59 Å². The van der Waals surface area contributed by atoms with Crippen molar-refractivity contribution in [1.29, 1.82) is 0 Å². The van der Waals surface area contributed by atoms with Crippen molar-refractivity contribution in [3.63, 3.8) is 0 Å². The van der Waals surface area contributed by atoms with Crippen LogP contribution in [0.2, 0.25) is 0 Å². The zero-order valence-corrected chi connectivity index (χ0v) is 20.0. The summed E-state index contributed by atoms with van der Waals surface area (Å²) < 4.78 is 0. The Morgan fingerprint density at radius 1 is 0.630 bits per heavy atom. The second-order valence-corrected chi connectivity index (χ2v) is 7.72. The zero-order chi connectivity index (χ0) is 19.5. The topological polar surface area (TPSA) is 74.6 Å². The Hall–Kier alpha value is -0.0600. The molecule has 1 atom stereocenters. The van der Waals surface area contributed by atoms with Gasteiger partial charge in [0.2, 0.25) is 0 Å². The molecule has 0 spiro atoms. The molecule has 0 saturated heterocycles. The number of unbranched alkanes of at least 4 members (excludes halogenated alkanes) is 15.